The highest BCUT2D eigenvalue weighted by molar-refractivity contribution is 5.56. The third kappa shape index (κ3) is 3.35. The van der Waals surface area contributed by atoms with E-state index >= 15 is 0 Å². The molecule has 0 aliphatic heterocycles. The maximum absolute atomic E-state index is 13.1. The summed E-state index contributed by atoms with van der Waals surface area (Å²) in [6.45, 7) is 0. The average molecular weight is 333 g/mol. The second-order valence-corrected chi connectivity index (χ2v) is 5.15. The molecule has 0 radical (unpaired) electrons. The summed E-state index contributed by atoms with van der Waals surface area (Å²) in [7, 11) is 0. The van der Waals surface area contributed by atoms with Crippen LogP contribution in [0.5, 0.6) is 11.6 Å². The molecule has 4 aromatic rings. The van der Waals surface area contributed by atoms with E-state index in [-0.39, 0.29) is 5.82 Å². The highest BCUT2D eigenvalue weighted by atomic mass is 19.1. The van der Waals surface area contributed by atoms with Crippen molar-refractivity contribution in [2.45, 2.75) is 0 Å². The molecule has 0 unspecified atom stereocenters. The lowest BCUT2D eigenvalue weighted by Crippen LogP contribution is -2.02. The van der Waals surface area contributed by atoms with Crippen LogP contribution in [0.1, 0.15) is 0 Å². The van der Waals surface area contributed by atoms with Gasteiger partial charge in [0.2, 0.25) is 5.88 Å². The predicted molar refractivity (Wildman–Crippen MR) is 88.9 cm³/mol. The second kappa shape index (κ2) is 6.48. The van der Waals surface area contributed by atoms with E-state index in [0.29, 0.717) is 23.3 Å². The Morgan fingerprint density at radius 1 is 0.920 bits per heavy atom. The van der Waals surface area contributed by atoms with Crippen molar-refractivity contribution >= 4 is 0 Å². The maximum Gasteiger partial charge on any atom is 0.225 e. The molecule has 0 atom stereocenters. The Hall–Kier alpha value is -3.61. The van der Waals surface area contributed by atoms with Gasteiger partial charge in [-0.15, -0.1) is 0 Å². The molecule has 2 aromatic heterocycles. The van der Waals surface area contributed by atoms with Crippen LogP contribution in [0.25, 0.3) is 17.2 Å². The lowest BCUT2D eigenvalue weighted by molar-refractivity contribution is 0.460. The highest BCUT2D eigenvalue weighted by Crippen LogP contribution is 2.24. The maximum atomic E-state index is 13.1. The van der Waals surface area contributed by atoms with E-state index in [1.807, 2.05) is 30.3 Å². The monoisotopic (exact) mass is 333 g/mol. The molecule has 7 heteroatoms. The van der Waals surface area contributed by atoms with Gasteiger partial charge in [0.1, 0.15) is 24.2 Å². The van der Waals surface area contributed by atoms with Gasteiger partial charge in [0, 0.05) is 11.6 Å². The van der Waals surface area contributed by atoms with Gasteiger partial charge in [0.15, 0.2) is 11.6 Å². The summed E-state index contributed by atoms with van der Waals surface area (Å²) in [5.74, 6) is 1.48. The van der Waals surface area contributed by atoms with E-state index in [0.717, 1.165) is 5.56 Å². The van der Waals surface area contributed by atoms with Crippen LogP contribution in [0.4, 0.5) is 4.39 Å². The molecular formula is C18H12FN5O. The Morgan fingerprint density at radius 3 is 2.44 bits per heavy atom. The summed E-state index contributed by atoms with van der Waals surface area (Å²) in [5, 5.41) is 4.09. The number of nitrogens with zero attached hydrogens (tertiary/aromatic N) is 5. The molecule has 0 N–H and O–H groups in total. The van der Waals surface area contributed by atoms with Gasteiger partial charge in [-0.2, -0.15) is 10.1 Å². The molecule has 0 aliphatic rings. The first-order chi connectivity index (χ1) is 12.3. The molecule has 0 amide bonds. The van der Waals surface area contributed by atoms with Gasteiger partial charge in [0.05, 0.1) is 0 Å². The Morgan fingerprint density at radius 2 is 1.72 bits per heavy atom. The molecular weight excluding hydrogens is 321 g/mol. The van der Waals surface area contributed by atoms with E-state index in [9.17, 15) is 4.39 Å². The fraction of sp³-hybridized carbons (Fsp3) is 0. The van der Waals surface area contributed by atoms with E-state index in [1.54, 1.807) is 12.4 Å². The molecule has 0 saturated carbocycles. The highest BCUT2D eigenvalue weighted by Gasteiger charge is 2.10. The van der Waals surface area contributed by atoms with Crippen LogP contribution in [-0.4, -0.2) is 24.7 Å². The first-order valence-electron chi connectivity index (χ1n) is 7.51. The lowest BCUT2D eigenvalue weighted by Gasteiger charge is -2.09. The molecule has 2 heterocycles. The molecule has 2 aromatic carbocycles. The molecule has 0 bridgehead atoms. The van der Waals surface area contributed by atoms with Crippen LogP contribution >= 0.6 is 0 Å². The summed E-state index contributed by atoms with van der Waals surface area (Å²) in [6.07, 6.45) is 2.96. The minimum Gasteiger partial charge on any atom is -0.439 e. The molecule has 25 heavy (non-hydrogen) atoms. The second-order valence-electron chi connectivity index (χ2n) is 5.15. The van der Waals surface area contributed by atoms with Crippen molar-refractivity contribution in [1.82, 2.24) is 24.7 Å². The molecule has 4 rings (SSSR count). The molecule has 0 spiro atoms. The van der Waals surface area contributed by atoms with E-state index in [4.69, 9.17) is 4.74 Å². The fourth-order valence-electron chi connectivity index (χ4n) is 2.25. The van der Waals surface area contributed by atoms with Gasteiger partial charge < -0.3 is 4.74 Å². The van der Waals surface area contributed by atoms with Crippen LogP contribution < -0.4 is 4.74 Å². The number of rotatable bonds is 4. The molecule has 0 fully saturated rings. The zero-order valence-corrected chi connectivity index (χ0v) is 13.0. The Balaban J connectivity index is 1.77. The van der Waals surface area contributed by atoms with Crippen molar-refractivity contribution in [1.29, 1.82) is 0 Å². The number of ether oxygens (including phenoxy) is 1. The zero-order valence-electron chi connectivity index (χ0n) is 13.0. The van der Waals surface area contributed by atoms with E-state index < -0.39 is 0 Å². The SMILES string of the molecule is Fc1ccc(Oc2cc(-n3cncn3)nc(-c3ccccc3)n2)cc1. The third-order valence-corrected chi connectivity index (χ3v) is 3.41. The van der Waals surface area contributed by atoms with Crippen LogP contribution in [-0.2, 0) is 0 Å². The number of benzene rings is 2. The number of aromatic nitrogens is 5. The van der Waals surface area contributed by atoms with Gasteiger partial charge in [0.25, 0.3) is 0 Å². The first kappa shape index (κ1) is 14.9. The summed E-state index contributed by atoms with van der Waals surface area (Å²) in [6, 6.07) is 16.9. The van der Waals surface area contributed by atoms with Crippen molar-refractivity contribution in [2.75, 3.05) is 0 Å². The topological polar surface area (TPSA) is 65.7 Å². The lowest BCUT2D eigenvalue weighted by atomic mass is 10.2. The Labute approximate surface area is 142 Å². The minimum atomic E-state index is -0.330. The summed E-state index contributed by atoms with van der Waals surface area (Å²) < 4.78 is 20.3. The van der Waals surface area contributed by atoms with Crippen LogP contribution in [0, 0.1) is 5.82 Å². The molecule has 6 nitrogen and oxygen atoms in total. The van der Waals surface area contributed by atoms with Crippen molar-refractivity contribution in [3.8, 4) is 28.8 Å². The normalized spacial score (nSPS) is 10.6. The Bertz CT molecular complexity index is 972. The molecule has 0 saturated heterocycles. The van der Waals surface area contributed by atoms with Gasteiger partial charge in [-0.3, -0.25) is 0 Å². The van der Waals surface area contributed by atoms with E-state index in [1.165, 1.54) is 35.3 Å². The largest absolute Gasteiger partial charge is 0.439 e. The third-order valence-electron chi connectivity index (χ3n) is 3.41. The van der Waals surface area contributed by atoms with Gasteiger partial charge >= 0.3 is 0 Å². The van der Waals surface area contributed by atoms with Crippen LogP contribution in [0.15, 0.2) is 73.3 Å². The van der Waals surface area contributed by atoms with Crippen LogP contribution in [0.3, 0.4) is 0 Å². The van der Waals surface area contributed by atoms with Gasteiger partial charge in [-0.1, -0.05) is 30.3 Å². The van der Waals surface area contributed by atoms with Crippen molar-refractivity contribution < 1.29 is 9.13 Å². The Kier molecular flexibility index (Phi) is 3.88. The molecule has 0 aliphatic carbocycles. The zero-order chi connectivity index (χ0) is 17.1. The predicted octanol–water partition coefficient (Wildman–Crippen LogP) is 3.66. The summed E-state index contributed by atoms with van der Waals surface area (Å²) >= 11 is 0. The fourth-order valence-corrected chi connectivity index (χ4v) is 2.25. The number of halogens is 1. The smallest absolute Gasteiger partial charge is 0.225 e. The minimum absolute atomic E-state index is 0.325. The number of hydrogen-bond acceptors (Lipinski definition) is 5. The quantitative estimate of drug-likeness (QED) is 0.570. The van der Waals surface area contributed by atoms with E-state index in [2.05, 4.69) is 20.1 Å². The first-order valence-corrected chi connectivity index (χ1v) is 7.51. The van der Waals surface area contributed by atoms with Gasteiger partial charge in [-0.05, 0) is 24.3 Å². The van der Waals surface area contributed by atoms with Crippen molar-refractivity contribution in [2.24, 2.45) is 0 Å². The van der Waals surface area contributed by atoms with Crippen LogP contribution in [0.2, 0.25) is 0 Å². The van der Waals surface area contributed by atoms with Crippen molar-refractivity contribution in [3.05, 3.63) is 79.1 Å². The standard InChI is InChI=1S/C18H12FN5O/c19-14-6-8-15(9-7-14)25-17-10-16(24-12-20-11-21-24)22-18(23-17)13-4-2-1-3-5-13/h1-12H. The summed E-state index contributed by atoms with van der Waals surface area (Å²) in [5.41, 5.74) is 0.841. The van der Waals surface area contributed by atoms with Gasteiger partial charge in [-0.25, -0.2) is 19.0 Å². The molecule has 122 valence electrons. The average Bonchev–Trinajstić information content (AvgIpc) is 3.19. The van der Waals surface area contributed by atoms with Crippen molar-refractivity contribution in [3.63, 3.8) is 0 Å². The summed E-state index contributed by atoms with van der Waals surface area (Å²) in [4.78, 5) is 12.9. The number of hydrogen-bond donors (Lipinski definition) is 0.